The number of rotatable bonds is 4. The van der Waals surface area contributed by atoms with E-state index < -0.39 is 0 Å². The number of benzene rings is 1. The Morgan fingerprint density at radius 2 is 1.89 bits per heavy atom. The van der Waals surface area contributed by atoms with Crippen molar-refractivity contribution in [2.45, 2.75) is 31.8 Å². The van der Waals surface area contributed by atoms with E-state index in [1.165, 1.54) is 12.8 Å². The van der Waals surface area contributed by atoms with E-state index in [-0.39, 0.29) is 24.8 Å². The topological polar surface area (TPSA) is 70.4 Å². The zero-order chi connectivity index (χ0) is 17.5. The predicted molar refractivity (Wildman–Crippen MR) is 117 cm³/mol. The molecule has 1 unspecified atom stereocenters. The summed E-state index contributed by atoms with van der Waals surface area (Å²) < 4.78 is 1.89. The van der Waals surface area contributed by atoms with Crippen LogP contribution in [0.3, 0.4) is 0 Å². The lowest BCUT2D eigenvalue weighted by atomic mass is 10.2. The van der Waals surface area contributed by atoms with Crippen molar-refractivity contribution in [3.63, 3.8) is 0 Å². The van der Waals surface area contributed by atoms with Crippen LogP contribution in [-0.4, -0.2) is 51.3 Å². The molecule has 1 aliphatic heterocycles. The number of aromatic nitrogens is 4. The van der Waals surface area contributed by atoms with Crippen LogP contribution in [0.4, 0.5) is 11.6 Å². The smallest absolute Gasteiger partial charge is 0.256 e. The zero-order valence-corrected chi connectivity index (χ0v) is 17.3. The van der Waals surface area contributed by atoms with Crippen molar-refractivity contribution < 1.29 is 0 Å². The van der Waals surface area contributed by atoms with Gasteiger partial charge in [0.15, 0.2) is 5.82 Å². The fourth-order valence-corrected chi connectivity index (χ4v) is 3.44. The van der Waals surface area contributed by atoms with E-state index >= 15 is 0 Å². The molecule has 7 nitrogen and oxygen atoms in total. The molecule has 0 radical (unpaired) electrons. The molecule has 0 amide bonds. The van der Waals surface area contributed by atoms with Crippen molar-refractivity contribution in [1.82, 2.24) is 24.9 Å². The second kappa shape index (κ2) is 8.51. The van der Waals surface area contributed by atoms with Gasteiger partial charge in [0.25, 0.3) is 5.78 Å². The van der Waals surface area contributed by atoms with Gasteiger partial charge in [0.2, 0.25) is 0 Å². The van der Waals surface area contributed by atoms with E-state index in [1.54, 1.807) is 0 Å². The SMILES string of the molecule is CC1CN(c2cc(NC3CC3)nc3nc(-c4ccccc4)nn23)CCN1.Cl.Cl. The molecule has 3 aromatic rings. The molecular formula is C19H25Cl2N7. The zero-order valence-electron chi connectivity index (χ0n) is 15.7. The van der Waals surface area contributed by atoms with Gasteiger partial charge in [-0.2, -0.15) is 14.5 Å². The summed E-state index contributed by atoms with van der Waals surface area (Å²) in [6.45, 7) is 5.08. The maximum Gasteiger partial charge on any atom is 0.256 e. The first-order chi connectivity index (χ1) is 12.8. The van der Waals surface area contributed by atoms with Gasteiger partial charge in [-0.05, 0) is 19.8 Å². The highest BCUT2D eigenvalue weighted by Gasteiger charge is 2.25. The molecule has 1 saturated heterocycles. The number of halogens is 2. The number of hydrogen-bond donors (Lipinski definition) is 2. The minimum absolute atomic E-state index is 0. The first-order valence-corrected chi connectivity index (χ1v) is 9.34. The van der Waals surface area contributed by atoms with E-state index in [4.69, 9.17) is 15.1 Å². The fourth-order valence-electron chi connectivity index (χ4n) is 3.44. The summed E-state index contributed by atoms with van der Waals surface area (Å²) in [5.41, 5.74) is 1.01. The van der Waals surface area contributed by atoms with Crippen molar-refractivity contribution in [1.29, 1.82) is 0 Å². The number of anilines is 2. The van der Waals surface area contributed by atoms with Gasteiger partial charge < -0.3 is 15.5 Å². The average Bonchev–Trinajstić information content (AvgIpc) is 3.37. The minimum Gasteiger partial charge on any atom is -0.367 e. The van der Waals surface area contributed by atoms with Gasteiger partial charge in [0.05, 0.1) is 0 Å². The average molecular weight is 422 g/mol. The second-order valence-electron chi connectivity index (χ2n) is 7.23. The summed E-state index contributed by atoms with van der Waals surface area (Å²) >= 11 is 0. The Morgan fingerprint density at radius 1 is 1.11 bits per heavy atom. The Labute approximate surface area is 176 Å². The molecule has 0 spiro atoms. The Morgan fingerprint density at radius 3 is 2.61 bits per heavy atom. The van der Waals surface area contributed by atoms with Crippen LogP contribution in [0.5, 0.6) is 0 Å². The highest BCUT2D eigenvalue weighted by Crippen LogP contribution is 2.28. The van der Waals surface area contributed by atoms with E-state index in [2.05, 4.69) is 28.5 Å². The molecule has 0 bridgehead atoms. The molecule has 1 atom stereocenters. The lowest BCUT2D eigenvalue weighted by Crippen LogP contribution is -2.49. The number of nitrogens with zero attached hydrogens (tertiary/aromatic N) is 5. The van der Waals surface area contributed by atoms with Gasteiger partial charge in [0, 0.05) is 43.3 Å². The van der Waals surface area contributed by atoms with Crippen molar-refractivity contribution in [2.75, 3.05) is 29.9 Å². The molecule has 9 heteroatoms. The van der Waals surface area contributed by atoms with Crippen LogP contribution in [0.1, 0.15) is 19.8 Å². The summed E-state index contributed by atoms with van der Waals surface area (Å²) in [7, 11) is 0. The van der Waals surface area contributed by atoms with Crippen LogP contribution < -0.4 is 15.5 Å². The largest absolute Gasteiger partial charge is 0.367 e. The Hall–Kier alpha value is -2.09. The molecule has 2 aliphatic rings. The quantitative estimate of drug-likeness (QED) is 0.674. The summed E-state index contributed by atoms with van der Waals surface area (Å²) in [5, 5.41) is 11.8. The molecule has 150 valence electrons. The third-order valence-electron chi connectivity index (χ3n) is 4.95. The summed E-state index contributed by atoms with van der Waals surface area (Å²) in [6.07, 6.45) is 2.43. The summed E-state index contributed by atoms with van der Waals surface area (Å²) in [5.74, 6) is 3.32. The van der Waals surface area contributed by atoms with Gasteiger partial charge >= 0.3 is 0 Å². The molecule has 2 aromatic heterocycles. The van der Waals surface area contributed by atoms with Crippen LogP contribution in [0.25, 0.3) is 17.2 Å². The van der Waals surface area contributed by atoms with E-state index in [9.17, 15) is 0 Å². The summed E-state index contributed by atoms with van der Waals surface area (Å²) in [6, 6.07) is 13.2. The van der Waals surface area contributed by atoms with Crippen LogP contribution >= 0.6 is 24.8 Å². The molecule has 1 aromatic carbocycles. The highest BCUT2D eigenvalue weighted by molar-refractivity contribution is 5.85. The van der Waals surface area contributed by atoms with Crippen molar-refractivity contribution >= 4 is 42.2 Å². The van der Waals surface area contributed by atoms with E-state index in [0.717, 1.165) is 36.8 Å². The van der Waals surface area contributed by atoms with E-state index in [0.29, 0.717) is 23.7 Å². The Balaban J connectivity index is 0.00000112. The minimum atomic E-state index is 0. The first-order valence-electron chi connectivity index (χ1n) is 9.34. The van der Waals surface area contributed by atoms with Crippen molar-refractivity contribution in [2.24, 2.45) is 0 Å². The molecule has 2 N–H and O–H groups in total. The molecule has 5 rings (SSSR count). The van der Waals surface area contributed by atoms with Crippen LogP contribution in [0.2, 0.25) is 0 Å². The maximum absolute atomic E-state index is 4.77. The van der Waals surface area contributed by atoms with Crippen LogP contribution in [-0.2, 0) is 0 Å². The highest BCUT2D eigenvalue weighted by atomic mass is 35.5. The molecule has 1 saturated carbocycles. The monoisotopic (exact) mass is 421 g/mol. The molecule has 2 fully saturated rings. The molecule has 1 aliphatic carbocycles. The first kappa shape index (κ1) is 20.6. The summed E-state index contributed by atoms with van der Waals surface area (Å²) in [4.78, 5) is 11.8. The third-order valence-corrected chi connectivity index (χ3v) is 4.95. The van der Waals surface area contributed by atoms with Gasteiger partial charge in [-0.15, -0.1) is 29.9 Å². The van der Waals surface area contributed by atoms with Gasteiger partial charge in [0.1, 0.15) is 11.6 Å². The number of fused-ring (bicyclic) bond motifs is 1. The number of piperazine rings is 1. The van der Waals surface area contributed by atoms with Crippen LogP contribution in [0.15, 0.2) is 36.4 Å². The molecule has 3 heterocycles. The van der Waals surface area contributed by atoms with Gasteiger partial charge in [-0.3, -0.25) is 0 Å². The van der Waals surface area contributed by atoms with Crippen LogP contribution in [0, 0.1) is 0 Å². The Bertz CT molecular complexity index is 927. The lowest BCUT2D eigenvalue weighted by molar-refractivity contribution is 0.480. The second-order valence-corrected chi connectivity index (χ2v) is 7.23. The molecule has 28 heavy (non-hydrogen) atoms. The fraction of sp³-hybridized carbons (Fsp3) is 0.421. The van der Waals surface area contributed by atoms with Crippen molar-refractivity contribution in [3.8, 4) is 11.4 Å². The van der Waals surface area contributed by atoms with Crippen molar-refractivity contribution in [3.05, 3.63) is 36.4 Å². The van der Waals surface area contributed by atoms with Gasteiger partial charge in [-0.1, -0.05) is 30.3 Å². The maximum atomic E-state index is 4.77. The third kappa shape index (κ3) is 4.16. The lowest BCUT2D eigenvalue weighted by Gasteiger charge is -2.33. The van der Waals surface area contributed by atoms with Gasteiger partial charge in [-0.25, -0.2) is 0 Å². The number of hydrogen-bond acceptors (Lipinski definition) is 6. The predicted octanol–water partition coefficient (Wildman–Crippen LogP) is 3.01. The normalized spacial score (nSPS) is 19.0. The standard InChI is InChI=1S/C19H23N7.2ClH/c1-13-12-25(10-9-20-13)17-11-16(21-15-7-8-15)22-19-23-18(24-26(17)19)14-5-3-2-4-6-14;;/h2-6,11,13,15,20H,7-10,12H2,1H3,(H,21,22,23,24);2*1H. The Kier molecular flexibility index (Phi) is 6.27. The molecular weight excluding hydrogens is 397 g/mol. The number of nitrogens with one attached hydrogen (secondary N) is 2. The van der Waals surface area contributed by atoms with E-state index in [1.807, 2.05) is 34.8 Å².